The summed E-state index contributed by atoms with van der Waals surface area (Å²) < 4.78 is 20.3. The van der Waals surface area contributed by atoms with Crippen LogP contribution in [-0.4, -0.2) is 24.9 Å². The van der Waals surface area contributed by atoms with E-state index in [1.54, 1.807) is 6.07 Å². The Kier molecular flexibility index (Phi) is 4.09. The van der Waals surface area contributed by atoms with E-state index in [9.17, 15) is 9.50 Å². The fourth-order valence-corrected chi connectivity index (χ4v) is 3.16. The minimum atomic E-state index is -0.392. The van der Waals surface area contributed by atoms with Gasteiger partial charge in [-0.1, -0.05) is 29.8 Å². The Morgan fingerprint density at radius 1 is 1.44 bits per heavy atom. The first-order valence-corrected chi connectivity index (χ1v) is 6.94. The topological polar surface area (TPSA) is 29.5 Å². The van der Waals surface area contributed by atoms with Crippen molar-refractivity contribution < 1.29 is 14.2 Å². The van der Waals surface area contributed by atoms with Crippen LogP contribution in [0.3, 0.4) is 0 Å². The van der Waals surface area contributed by atoms with Crippen molar-refractivity contribution in [2.24, 2.45) is 11.8 Å². The van der Waals surface area contributed by atoms with E-state index in [4.69, 9.17) is 4.74 Å². The second kappa shape index (κ2) is 5.27. The molecule has 0 bridgehead atoms. The third kappa shape index (κ3) is 2.22. The molecule has 18 heavy (non-hydrogen) atoms. The monoisotopic (exact) mass is 316 g/mol. The first kappa shape index (κ1) is 14.0. The van der Waals surface area contributed by atoms with Gasteiger partial charge in [0.1, 0.15) is 5.82 Å². The molecule has 4 heteroatoms. The van der Waals surface area contributed by atoms with E-state index in [0.717, 1.165) is 4.47 Å². The van der Waals surface area contributed by atoms with Gasteiger partial charge in [-0.05, 0) is 30.0 Å². The zero-order valence-corrected chi connectivity index (χ0v) is 12.2. The lowest BCUT2D eigenvalue weighted by Gasteiger charge is -2.48. The highest BCUT2D eigenvalue weighted by Crippen LogP contribution is 2.44. The summed E-state index contributed by atoms with van der Waals surface area (Å²) in [6.07, 6.45) is 0. The standard InChI is InChI=1S/C14H18BrFO2/c1-9(2)12(6-17)14(7-18-8-14)11-5-10(15)3-4-13(11)16/h3-5,9,12,17H,6-8H2,1-2H3. The van der Waals surface area contributed by atoms with Gasteiger partial charge in [0.05, 0.1) is 18.6 Å². The molecule has 1 aliphatic heterocycles. The van der Waals surface area contributed by atoms with Crippen LogP contribution in [-0.2, 0) is 10.2 Å². The van der Waals surface area contributed by atoms with E-state index < -0.39 is 5.41 Å². The molecule has 0 amide bonds. The van der Waals surface area contributed by atoms with Crippen LogP contribution in [0.2, 0.25) is 0 Å². The summed E-state index contributed by atoms with van der Waals surface area (Å²) in [5, 5.41) is 9.63. The Morgan fingerprint density at radius 2 is 2.11 bits per heavy atom. The van der Waals surface area contributed by atoms with Gasteiger partial charge in [0, 0.05) is 16.6 Å². The molecule has 1 fully saturated rings. The molecule has 0 aliphatic carbocycles. The summed E-state index contributed by atoms with van der Waals surface area (Å²) in [5.41, 5.74) is 0.257. The molecule has 100 valence electrons. The fraction of sp³-hybridized carbons (Fsp3) is 0.571. The maximum Gasteiger partial charge on any atom is 0.127 e. The molecule has 1 saturated heterocycles. The Hall–Kier alpha value is -0.450. The van der Waals surface area contributed by atoms with Crippen molar-refractivity contribution in [1.29, 1.82) is 0 Å². The normalized spacial score (nSPS) is 19.7. The lowest BCUT2D eigenvalue weighted by molar-refractivity contribution is -0.112. The number of halogens is 2. The van der Waals surface area contributed by atoms with Gasteiger partial charge < -0.3 is 9.84 Å². The highest BCUT2D eigenvalue weighted by atomic mass is 79.9. The number of ether oxygens (including phenoxy) is 1. The van der Waals surface area contributed by atoms with Crippen LogP contribution in [0.15, 0.2) is 22.7 Å². The Morgan fingerprint density at radius 3 is 2.56 bits per heavy atom. The molecule has 1 atom stereocenters. The third-order valence-corrected chi connectivity index (χ3v) is 4.39. The molecule has 1 aliphatic rings. The van der Waals surface area contributed by atoms with Crippen LogP contribution in [0.5, 0.6) is 0 Å². The van der Waals surface area contributed by atoms with Crippen LogP contribution in [0, 0.1) is 17.7 Å². The van der Waals surface area contributed by atoms with Crippen LogP contribution in [0.1, 0.15) is 19.4 Å². The molecule has 2 nitrogen and oxygen atoms in total. The van der Waals surface area contributed by atoms with Gasteiger partial charge in [-0.2, -0.15) is 0 Å². The van der Waals surface area contributed by atoms with E-state index in [1.807, 2.05) is 6.07 Å². The lowest BCUT2D eigenvalue weighted by Crippen LogP contribution is -2.55. The van der Waals surface area contributed by atoms with Crippen molar-refractivity contribution >= 4 is 15.9 Å². The molecule has 0 aromatic heterocycles. The zero-order chi connectivity index (χ0) is 13.3. The van der Waals surface area contributed by atoms with Crippen LogP contribution >= 0.6 is 15.9 Å². The minimum absolute atomic E-state index is 0.00931. The van der Waals surface area contributed by atoms with Crippen molar-refractivity contribution in [2.75, 3.05) is 19.8 Å². The molecule has 1 aromatic rings. The first-order chi connectivity index (χ1) is 8.51. The van der Waals surface area contributed by atoms with Crippen molar-refractivity contribution in [3.8, 4) is 0 Å². The zero-order valence-electron chi connectivity index (χ0n) is 10.6. The van der Waals surface area contributed by atoms with Gasteiger partial charge in [0.2, 0.25) is 0 Å². The summed E-state index contributed by atoms with van der Waals surface area (Å²) in [7, 11) is 0. The smallest absolute Gasteiger partial charge is 0.127 e. The molecular weight excluding hydrogens is 299 g/mol. The van der Waals surface area contributed by atoms with E-state index in [-0.39, 0.29) is 24.3 Å². The first-order valence-electron chi connectivity index (χ1n) is 6.15. The van der Waals surface area contributed by atoms with Gasteiger partial charge in [0.25, 0.3) is 0 Å². The lowest BCUT2D eigenvalue weighted by atomic mass is 9.65. The second-order valence-corrected chi connectivity index (χ2v) is 6.22. The number of aliphatic hydroxyl groups excluding tert-OH is 1. The second-order valence-electron chi connectivity index (χ2n) is 5.31. The van der Waals surface area contributed by atoms with Gasteiger partial charge in [-0.25, -0.2) is 4.39 Å². The van der Waals surface area contributed by atoms with Crippen molar-refractivity contribution in [1.82, 2.24) is 0 Å². The number of hydrogen-bond donors (Lipinski definition) is 1. The fourth-order valence-electron chi connectivity index (χ4n) is 2.79. The van der Waals surface area contributed by atoms with E-state index >= 15 is 0 Å². The maximum atomic E-state index is 14.1. The summed E-state index contributed by atoms with van der Waals surface area (Å²) in [4.78, 5) is 0. The van der Waals surface area contributed by atoms with E-state index in [0.29, 0.717) is 18.8 Å². The minimum Gasteiger partial charge on any atom is -0.396 e. The predicted molar refractivity (Wildman–Crippen MR) is 72.0 cm³/mol. The van der Waals surface area contributed by atoms with Crippen molar-refractivity contribution in [3.63, 3.8) is 0 Å². The van der Waals surface area contributed by atoms with Crippen LogP contribution < -0.4 is 0 Å². The third-order valence-electron chi connectivity index (χ3n) is 3.90. The van der Waals surface area contributed by atoms with Gasteiger partial charge in [-0.15, -0.1) is 0 Å². The highest BCUT2D eigenvalue weighted by Gasteiger charge is 2.49. The Bertz CT molecular complexity index is 430. The van der Waals surface area contributed by atoms with Crippen molar-refractivity contribution in [2.45, 2.75) is 19.3 Å². The average Bonchev–Trinajstić information content (AvgIpc) is 2.26. The Balaban J connectivity index is 2.46. The maximum absolute atomic E-state index is 14.1. The molecule has 2 rings (SSSR count). The van der Waals surface area contributed by atoms with Gasteiger partial charge >= 0.3 is 0 Å². The molecule has 0 saturated carbocycles. The molecule has 1 aromatic carbocycles. The molecule has 0 spiro atoms. The van der Waals surface area contributed by atoms with Crippen LogP contribution in [0.25, 0.3) is 0 Å². The Labute approximate surface area is 115 Å². The quantitative estimate of drug-likeness (QED) is 0.924. The summed E-state index contributed by atoms with van der Waals surface area (Å²) >= 11 is 3.38. The molecule has 1 heterocycles. The SMILES string of the molecule is CC(C)C(CO)C1(c2cc(Br)ccc2F)COC1. The van der Waals surface area contributed by atoms with Gasteiger partial charge in [-0.3, -0.25) is 0 Å². The predicted octanol–water partition coefficient (Wildman–Crippen LogP) is 3.12. The number of rotatable bonds is 4. The summed E-state index contributed by atoms with van der Waals surface area (Å²) in [6.45, 7) is 5.11. The average molecular weight is 317 g/mol. The van der Waals surface area contributed by atoms with Gasteiger partial charge in [0.15, 0.2) is 0 Å². The van der Waals surface area contributed by atoms with Crippen LogP contribution in [0.4, 0.5) is 4.39 Å². The molecule has 0 radical (unpaired) electrons. The molecule has 1 N–H and O–H groups in total. The largest absolute Gasteiger partial charge is 0.396 e. The van der Waals surface area contributed by atoms with E-state index in [1.165, 1.54) is 6.07 Å². The number of hydrogen-bond acceptors (Lipinski definition) is 2. The molecular formula is C14H18BrFO2. The number of aliphatic hydroxyl groups is 1. The summed E-state index contributed by atoms with van der Waals surface area (Å²) in [5.74, 6) is 0.0629. The summed E-state index contributed by atoms with van der Waals surface area (Å²) in [6, 6.07) is 4.96. The highest BCUT2D eigenvalue weighted by molar-refractivity contribution is 9.10. The van der Waals surface area contributed by atoms with Crippen molar-refractivity contribution in [3.05, 3.63) is 34.1 Å². The molecule has 1 unspecified atom stereocenters. The van der Waals surface area contributed by atoms with E-state index in [2.05, 4.69) is 29.8 Å². The number of benzene rings is 1.